The highest BCUT2D eigenvalue weighted by Gasteiger charge is 2.21. The maximum absolute atomic E-state index is 12.2. The first-order chi connectivity index (χ1) is 11.2. The number of nitrogens with one attached hydrogen (secondary N) is 2. The minimum atomic E-state index is 0.0112. The van der Waals surface area contributed by atoms with Crippen LogP contribution in [-0.2, 0) is 6.42 Å². The molecule has 2 heterocycles. The molecule has 0 radical (unpaired) electrons. The highest BCUT2D eigenvalue weighted by atomic mass is 16.3. The maximum Gasteiger partial charge on any atom is 0.317 e. The van der Waals surface area contributed by atoms with Crippen LogP contribution in [0.2, 0.25) is 0 Å². The van der Waals surface area contributed by atoms with Gasteiger partial charge in [0, 0.05) is 43.3 Å². The van der Waals surface area contributed by atoms with E-state index in [1.54, 1.807) is 0 Å². The van der Waals surface area contributed by atoms with Crippen LogP contribution in [0.15, 0.2) is 24.4 Å². The van der Waals surface area contributed by atoms with E-state index < -0.39 is 0 Å². The Balaban J connectivity index is 1.50. The quantitative estimate of drug-likeness (QED) is 0.811. The number of urea groups is 1. The lowest BCUT2D eigenvalue weighted by Gasteiger charge is -2.31. The van der Waals surface area contributed by atoms with Crippen LogP contribution >= 0.6 is 0 Å². The molecule has 2 amide bonds. The Morgan fingerprint density at radius 3 is 2.91 bits per heavy atom. The fraction of sp³-hybridized carbons (Fsp3) is 0.500. The molecule has 1 aromatic carbocycles. The van der Waals surface area contributed by atoms with E-state index in [0.29, 0.717) is 12.5 Å². The number of aliphatic hydroxyl groups excluding tert-OH is 1. The third-order valence-electron chi connectivity index (χ3n) is 4.75. The van der Waals surface area contributed by atoms with Gasteiger partial charge < -0.3 is 20.3 Å². The van der Waals surface area contributed by atoms with E-state index in [-0.39, 0.29) is 12.6 Å². The molecule has 0 aliphatic carbocycles. The van der Waals surface area contributed by atoms with Gasteiger partial charge in [0.2, 0.25) is 0 Å². The predicted octanol–water partition coefficient (Wildman–Crippen LogP) is 2.43. The van der Waals surface area contributed by atoms with Crippen LogP contribution in [0.5, 0.6) is 0 Å². The Labute approximate surface area is 136 Å². The number of rotatable bonds is 4. The van der Waals surface area contributed by atoms with Gasteiger partial charge in [-0.25, -0.2) is 4.79 Å². The van der Waals surface area contributed by atoms with Gasteiger partial charge in [-0.05, 0) is 49.3 Å². The summed E-state index contributed by atoms with van der Waals surface area (Å²) in [4.78, 5) is 17.3. The van der Waals surface area contributed by atoms with Gasteiger partial charge in [0.15, 0.2) is 0 Å². The average Bonchev–Trinajstić information content (AvgIpc) is 2.97. The van der Waals surface area contributed by atoms with Gasteiger partial charge in [-0.1, -0.05) is 12.1 Å². The van der Waals surface area contributed by atoms with E-state index in [1.165, 1.54) is 16.5 Å². The Kier molecular flexibility index (Phi) is 4.86. The minimum Gasteiger partial charge on any atom is -0.396 e. The van der Waals surface area contributed by atoms with Crippen molar-refractivity contribution in [2.45, 2.75) is 26.2 Å². The molecule has 0 spiro atoms. The second-order valence-electron chi connectivity index (χ2n) is 6.46. The van der Waals surface area contributed by atoms with Crippen LogP contribution in [0.4, 0.5) is 4.79 Å². The first kappa shape index (κ1) is 15.9. The van der Waals surface area contributed by atoms with Crippen molar-refractivity contribution >= 4 is 16.9 Å². The standard InChI is InChI=1S/C18H25N3O2/c1-13-2-3-16-15(11-20-17(16)10-13)4-7-19-18(23)21-8-5-14(12-22)6-9-21/h2-3,10-11,14,20,22H,4-9,12H2,1H3,(H,19,23). The van der Waals surface area contributed by atoms with Gasteiger partial charge in [0.25, 0.3) is 0 Å². The topological polar surface area (TPSA) is 68.4 Å². The summed E-state index contributed by atoms with van der Waals surface area (Å²) < 4.78 is 0. The molecule has 124 valence electrons. The number of likely N-dealkylation sites (tertiary alicyclic amines) is 1. The van der Waals surface area contributed by atoms with Crippen molar-refractivity contribution in [3.63, 3.8) is 0 Å². The second-order valence-corrected chi connectivity index (χ2v) is 6.46. The first-order valence-corrected chi connectivity index (χ1v) is 8.37. The van der Waals surface area contributed by atoms with Gasteiger partial charge in [0.05, 0.1) is 0 Å². The predicted molar refractivity (Wildman–Crippen MR) is 91.5 cm³/mol. The Morgan fingerprint density at radius 1 is 1.39 bits per heavy atom. The number of benzene rings is 1. The number of piperidine rings is 1. The van der Waals surface area contributed by atoms with Gasteiger partial charge in [-0.2, -0.15) is 0 Å². The molecule has 0 unspecified atom stereocenters. The zero-order chi connectivity index (χ0) is 16.2. The molecule has 1 aromatic heterocycles. The van der Waals surface area contributed by atoms with Crippen molar-refractivity contribution in [3.8, 4) is 0 Å². The summed E-state index contributed by atoms with van der Waals surface area (Å²) >= 11 is 0. The summed E-state index contributed by atoms with van der Waals surface area (Å²) in [5.74, 6) is 0.355. The first-order valence-electron chi connectivity index (χ1n) is 8.37. The number of aryl methyl sites for hydroxylation is 1. The number of carbonyl (C=O) groups is 1. The molecule has 3 rings (SSSR count). The van der Waals surface area contributed by atoms with E-state index in [4.69, 9.17) is 5.11 Å². The molecule has 1 saturated heterocycles. The number of hydrogen-bond donors (Lipinski definition) is 3. The Hall–Kier alpha value is -2.01. The van der Waals surface area contributed by atoms with Crippen LogP contribution in [0.1, 0.15) is 24.0 Å². The van der Waals surface area contributed by atoms with E-state index >= 15 is 0 Å². The lowest BCUT2D eigenvalue weighted by Crippen LogP contribution is -2.45. The number of carbonyl (C=O) groups excluding carboxylic acids is 1. The largest absolute Gasteiger partial charge is 0.396 e. The fourth-order valence-electron chi connectivity index (χ4n) is 3.24. The number of fused-ring (bicyclic) bond motifs is 1. The highest BCUT2D eigenvalue weighted by Crippen LogP contribution is 2.20. The van der Waals surface area contributed by atoms with Crippen molar-refractivity contribution in [1.82, 2.24) is 15.2 Å². The molecule has 5 heteroatoms. The summed E-state index contributed by atoms with van der Waals surface area (Å²) in [6.45, 7) is 4.43. The summed E-state index contributed by atoms with van der Waals surface area (Å²) in [5, 5.41) is 13.4. The monoisotopic (exact) mass is 315 g/mol. The maximum atomic E-state index is 12.2. The summed E-state index contributed by atoms with van der Waals surface area (Å²) in [6, 6.07) is 6.40. The molecule has 1 aliphatic rings. The lowest BCUT2D eigenvalue weighted by molar-refractivity contribution is 0.137. The lowest BCUT2D eigenvalue weighted by atomic mass is 9.98. The summed E-state index contributed by atoms with van der Waals surface area (Å²) in [6.07, 6.45) is 4.64. The van der Waals surface area contributed by atoms with Crippen LogP contribution in [0.25, 0.3) is 10.9 Å². The number of aromatic nitrogens is 1. The number of aromatic amines is 1. The van der Waals surface area contributed by atoms with Crippen molar-refractivity contribution in [2.24, 2.45) is 5.92 Å². The third kappa shape index (κ3) is 3.67. The third-order valence-corrected chi connectivity index (χ3v) is 4.75. The van der Waals surface area contributed by atoms with Gasteiger partial charge in [-0.3, -0.25) is 0 Å². The van der Waals surface area contributed by atoms with Gasteiger partial charge in [0.1, 0.15) is 0 Å². The average molecular weight is 315 g/mol. The van der Waals surface area contributed by atoms with Crippen molar-refractivity contribution in [1.29, 1.82) is 0 Å². The highest BCUT2D eigenvalue weighted by molar-refractivity contribution is 5.83. The van der Waals surface area contributed by atoms with Crippen LogP contribution < -0.4 is 5.32 Å². The number of aliphatic hydroxyl groups is 1. The summed E-state index contributed by atoms with van der Waals surface area (Å²) in [7, 11) is 0. The van der Waals surface area contributed by atoms with Crippen LogP contribution in [0.3, 0.4) is 0 Å². The fourth-order valence-corrected chi connectivity index (χ4v) is 3.24. The zero-order valence-corrected chi connectivity index (χ0v) is 13.6. The molecular weight excluding hydrogens is 290 g/mol. The molecule has 5 nitrogen and oxygen atoms in total. The van der Waals surface area contributed by atoms with Crippen molar-refractivity contribution < 1.29 is 9.90 Å². The van der Waals surface area contributed by atoms with Crippen molar-refractivity contribution in [3.05, 3.63) is 35.5 Å². The van der Waals surface area contributed by atoms with E-state index in [1.807, 2.05) is 11.1 Å². The molecular formula is C18H25N3O2. The molecule has 2 aromatic rings. The molecule has 0 saturated carbocycles. The molecule has 1 aliphatic heterocycles. The Bertz CT molecular complexity index is 672. The second kappa shape index (κ2) is 7.04. The normalized spacial score (nSPS) is 16.0. The van der Waals surface area contributed by atoms with E-state index in [0.717, 1.165) is 37.9 Å². The molecule has 1 fully saturated rings. The number of H-pyrrole nitrogens is 1. The van der Waals surface area contributed by atoms with Crippen LogP contribution in [0, 0.1) is 12.8 Å². The molecule has 0 atom stereocenters. The van der Waals surface area contributed by atoms with Crippen LogP contribution in [-0.4, -0.2) is 47.3 Å². The van der Waals surface area contributed by atoms with Crippen molar-refractivity contribution in [2.75, 3.05) is 26.2 Å². The molecule has 23 heavy (non-hydrogen) atoms. The molecule has 3 N–H and O–H groups in total. The van der Waals surface area contributed by atoms with E-state index in [2.05, 4.69) is 35.4 Å². The van der Waals surface area contributed by atoms with Gasteiger partial charge in [-0.15, -0.1) is 0 Å². The van der Waals surface area contributed by atoms with Gasteiger partial charge >= 0.3 is 6.03 Å². The molecule has 0 bridgehead atoms. The zero-order valence-electron chi connectivity index (χ0n) is 13.6. The number of amides is 2. The minimum absolute atomic E-state index is 0.0112. The Morgan fingerprint density at radius 2 is 2.17 bits per heavy atom. The SMILES string of the molecule is Cc1ccc2c(CCNC(=O)N3CCC(CO)CC3)c[nH]c2c1. The van der Waals surface area contributed by atoms with E-state index in [9.17, 15) is 4.79 Å². The summed E-state index contributed by atoms with van der Waals surface area (Å²) in [5.41, 5.74) is 3.63. The number of nitrogens with zero attached hydrogens (tertiary/aromatic N) is 1. The number of hydrogen-bond acceptors (Lipinski definition) is 2. The smallest absolute Gasteiger partial charge is 0.317 e.